The molecule has 9 heteroatoms. The third kappa shape index (κ3) is 5.65. The third-order valence-electron chi connectivity index (χ3n) is 3.47. The van der Waals surface area contributed by atoms with Gasteiger partial charge >= 0.3 is 6.18 Å². The normalized spacial score (nSPS) is 12.6. The predicted octanol–water partition coefficient (Wildman–Crippen LogP) is 5.78. The van der Waals surface area contributed by atoms with Crippen molar-refractivity contribution < 1.29 is 22.3 Å². The Kier molecular flexibility index (Phi) is 6.11. The molecule has 25 heavy (non-hydrogen) atoms. The van der Waals surface area contributed by atoms with Gasteiger partial charge in [0.1, 0.15) is 18.4 Å². The van der Waals surface area contributed by atoms with Crippen molar-refractivity contribution >= 4 is 24.0 Å². The molecule has 0 aliphatic carbocycles. The molecule has 0 N–H and O–H groups in total. The summed E-state index contributed by atoms with van der Waals surface area (Å²) in [7, 11) is -1.31. The van der Waals surface area contributed by atoms with Crippen LogP contribution in [0.1, 0.15) is 5.69 Å². The van der Waals surface area contributed by atoms with Crippen molar-refractivity contribution in [1.29, 1.82) is 0 Å². The van der Waals surface area contributed by atoms with Gasteiger partial charge in [0.25, 0.3) is 0 Å². The number of alkyl halides is 3. The van der Waals surface area contributed by atoms with Gasteiger partial charge < -0.3 is 9.30 Å². The van der Waals surface area contributed by atoms with Gasteiger partial charge in [-0.25, -0.2) is 9.37 Å². The molecule has 0 fully saturated rings. The van der Waals surface area contributed by atoms with E-state index in [4.69, 9.17) is 4.74 Å². The van der Waals surface area contributed by atoms with E-state index in [9.17, 15) is 17.6 Å². The monoisotopic (exact) mass is 438 g/mol. The number of hydrogen-bond acceptors (Lipinski definition) is 2. The lowest BCUT2D eigenvalue weighted by Crippen LogP contribution is -2.22. The van der Waals surface area contributed by atoms with Gasteiger partial charge in [-0.3, -0.25) is 0 Å². The first-order chi connectivity index (χ1) is 11.5. The van der Waals surface area contributed by atoms with Crippen molar-refractivity contribution in [1.82, 2.24) is 9.55 Å². The number of hydrogen-bond donors (Lipinski definition) is 0. The van der Waals surface area contributed by atoms with Crippen LogP contribution in [0.5, 0.6) is 0 Å². The molecular formula is C16H19BrF4N2OSi. The Labute approximate surface area is 153 Å². The Balaban J connectivity index is 2.29. The maximum absolute atomic E-state index is 14.2. The van der Waals surface area contributed by atoms with Crippen molar-refractivity contribution in [3.05, 3.63) is 40.4 Å². The molecule has 0 saturated carbocycles. The summed E-state index contributed by atoms with van der Waals surface area (Å²) in [4.78, 5) is 3.58. The fourth-order valence-corrected chi connectivity index (χ4v) is 3.17. The first-order valence-electron chi connectivity index (χ1n) is 7.65. The van der Waals surface area contributed by atoms with Gasteiger partial charge in [0, 0.05) is 25.4 Å². The van der Waals surface area contributed by atoms with Gasteiger partial charge in [0.15, 0.2) is 5.69 Å². The number of ether oxygens (including phenoxy) is 1. The maximum atomic E-state index is 14.2. The molecule has 3 nitrogen and oxygen atoms in total. The van der Waals surface area contributed by atoms with E-state index < -0.39 is 25.8 Å². The highest BCUT2D eigenvalue weighted by Crippen LogP contribution is 2.32. The van der Waals surface area contributed by atoms with Gasteiger partial charge in [-0.2, -0.15) is 13.2 Å². The molecule has 0 saturated heterocycles. The Morgan fingerprint density at radius 3 is 2.48 bits per heavy atom. The zero-order chi connectivity index (χ0) is 18.8. The molecule has 0 radical (unpaired) electrons. The molecule has 0 aliphatic heterocycles. The second-order valence-electron chi connectivity index (χ2n) is 6.89. The maximum Gasteiger partial charge on any atom is 0.434 e. The molecule has 138 valence electrons. The van der Waals surface area contributed by atoms with Crippen molar-refractivity contribution in [2.45, 2.75) is 38.6 Å². The fourth-order valence-electron chi connectivity index (χ4n) is 2.08. The first kappa shape index (κ1) is 20.1. The molecule has 2 rings (SSSR count). The minimum absolute atomic E-state index is 0.00695. The van der Waals surface area contributed by atoms with Crippen LogP contribution < -0.4 is 0 Å². The second-order valence-corrected chi connectivity index (χ2v) is 13.4. The minimum atomic E-state index is -4.61. The van der Waals surface area contributed by atoms with E-state index in [1.54, 1.807) is 6.07 Å². The molecule has 0 unspecified atom stereocenters. The Hall–Kier alpha value is -1.19. The summed E-state index contributed by atoms with van der Waals surface area (Å²) in [6.07, 6.45) is -3.75. The molecule has 0 spiro atoms. The summed E-state index contributed by atoms with van der Waals surface area (Å²) in [5.41, 5.74) is -1.08. The summed E-state index contributed by atoms with van der Waals surface area (Å²) < 4.78 is 60.3. The van der Waals surface area contributed by atoms with Crippen LogP contribution in [0.3, 0.4) is 0 Å². The van der Waals surface area contributed by atoms with Crippen molar-refractivity contribution in [3.8, 4) is 11.4 Å². The number of benzene rings is 1. The Bertz CT molecular complexity index is 741. The van der Waals surface area contributed by atoms with E-state index in [1.165, 1.54) is 16.7 Å². The molecular weight excluding hydrogens is 420 g/mol. The summed E-state index contributed by atoms with van der Waals surface area (Å²) in [5.74, 6) is -0.762. The Morgan fingerprint density at radius 1 is 1.24 bits per heavy atom. The summed E-state index contributed by atoms with van der Waals surface area (Å²) in [5, 5.41) is 0. The summed E-state index contributed by atoms with van der Waals surface area (Å²) in [6.45, 7) is 6.86. The quantitative estimate of drug-likeness (QED) is 0.324. The smallest absolute Gasteiger partial charge is 0.361 e. The van der Waals surface area contributed by atoms with E-state index in [-0.39, 0.29) is 18.1 Å². The van der Waals surface area contributed by atoms with E-state index in [2.05, 4.69) is 40.6 Å². The molecule has 0 amide bonds. The van der Waals surface area contributed by atoms with E-state index in [0.717, 1.165) is 12.2 Å². The first-order valence-corrected chi connectivity index (χ1v) is 12.1. The van der Waals surface area contributed by atoms with Gasteiger partial charge in [0.05, 0.1) is 5.56 Å². The molecule has 2 aromatic rings. The molecule has 0 bridgehead atoms. The van der Waals surface area contributed by atoms with E-state index >= 15 is 0 Å². The zero-order valence-electron chi connectivity index (χ0n) is 14.1. The largest absolute Gasteiger partial charge is 0.434 e. The van der Waals surface area contributed by atoms with Crippen LogP contribution in [0.15, 0.2) is 28.9 Å². The topological polar surface area (TPSA) is 27.1 Å². The average Bonchev–Trinajstić information content (AvgIpc) is 2.86. The number of rotatable bonds is 6. The highest BCUT2D eigenvalue weighted by Gasteiger charge is 2.35. The van der Waals surface area contributed by atoms with E-state index in [0.29, 0.717) is 11.1 Å². The predicted molar refractivity (Wildman–Crippen MR) is 94.4 cm³/mol. The van der Waals surface area contributed by atoms with Crippen LogP contribution >= 0.6 is 15.9 Å². The van der Waals surface area contributed by atoms with Crippen LogP contribution in [-0.4, -0.2) is 24.2 Å². The number of halogens is 5. The number of aromatic nitrogens is 2. The zero-order valence-corrected chi connectivity index (χ0v) is 16.7. The standard InChI is InChI=1S/C16H19BrF4N2OSi/c1-25(2,3)7-6-24-10-23-9-14(16(19,20)21)22-15(23)12-5-4-11(17)8-13(12)18/h4-5,8-9H,6-7,10H2,1-3H3. The average molecular weight is 439 g/mol. The minimum Gasteiger partial charge on any atom is -0.361 e. The van der Waals surface area contributed by atoms with Gasteiger partial charge in [-0.05, 0) is 24.2 Å². The van der Waals surface area contributed by atoms with Crippen molar-refractivity contribution in [2.24, 2.45) is 0 Å². The van der Waals surface area contributed by atoms with Crippen molar-refractivity contribution in [3.63, 3.8) is 0 Å². The number of imidazole rings is 1. The van der Waals surface area contributed by atoms with Crippen LogP contribution in [0.2, 0.25) is 25.7 Å². The van der Waals surface area contributed by atoms with Gasteiger partial charge in [-0.15, -0.1) is 0 Å². The second kappa shape index (κ2) is 7.59. The van der Waals surface area contributed by atoms with Crippen LogP contribution in [0, 0.1) is 5.82 Å². The van der Waals surface area contributed by atoms with Crippen molar-refractivity contribution in [2.75, 3.05) is 6.61 Å². The van der Waals surface area contributed by atoms with Crippen LogP contribution in [0.4, 0.5) is 17.6 Å². The Morgan fingerprint density at radius 2 is 1.92 bits per heavy atom. The summed E-state index contributed by atoms with van der Waals surface area (Å²) >= 11 is 3.13. The lowest BCUT2D eigenvalue weighted by atomic mass is 10.2. The summed E-state index contributed by atoms with van der Waals surface area (Å²) in [6, 6.07) is 5.01. The lowest BCUT2D eigenvalue weighted by molar-refractivity contribution is -0.141. The highest BCUT2D eigenvalue weighted by atomic mass is 79.9. The van der Waals surface area contributed by atoms with E-state index in [1.807, 2.05) is 0 Å². The number of nitrogens with zero attached hydrogens (tertiary/aromatic N) is 2. The fraction of sp³-hybridized carbons (Fsp3) is 0.438. The third-order valence-corrected chi connectivity index (χ3v) is 5.66. The highest BCUT2D eigenvalue weighted by molar-refractivity contribution is 9.10. The molecule has 0 aliphatic rings. The lowest BCUT2D eigenvalue weighted by Gasteiger charge is -2.16. The molecule has 1 aromatic heterocycles. The van der Waals surface area contributed by atoms with Gasteiger partial charge in [-0.1, -0.05) is 35.6 Å². The van der Waals surface area contributed by atoms with Gasteiger partial charge in [0.2, 0.25) is 0 Å². The molecule has 1 heterocycles. The molecule has 1 aromatic carbocycles. The van der Waals surface area contributed by atoms with Crippen LogP contribution in [-0.2, 0) is 17.6 Å². The molecule has 0 atom stereocenters. The SMILES string of the molecule is C[Si](C)(C)CCOCn1cc(C(F)(F)F)nc1-c1ccc(Br)cc1F. The van der Waals surface area contributed by atoms with Crippen LogP contribution in [0.25, 0.3) is 11.4 Å².